The summed E-state index contributed by atoms with van der Waals surface area (Å²) in [6.07, 6.45) is 3.34. The first-order valence-corrected chi connectivity index (χ1v) is 10.6. The highest BCUT2D eigenvalue weighted by Gasteiger charge is 2.30. The van der Waals surface area contributed by atoms with Crippen LogP contribution in [0.3, 0.4) is 0 Å². The van der Waals surface area contributed by atoms with Gasteiger partial charge in [0.2, 0.25) is 11.9 Å². The Balaban J connectivity index is 1.50. The van der Waals surface area contributed by atoms with Gasteiger partial charge in [-0.15, -0.1) is 10.2 Å². The number of benzene rings is 1. The van der Waals surface area contributed by atoms with Gasteiger partial charge >= 0.3 is 0 Å². The van der Waals surface area contributed by atoms with Crippen molar-refractivity contribution in [2.75, 3.05) is 11.1 Å². The molecule has 1 aliphatic rings. The Bertz CT molecular complexity index is 966. The van der Waals surface area contributed by atoms with E-state index in [9.17, 15) is 0 Å². The molecule has 1 aliphatic carbocycles. The molecule has 0 amide bonds. The molecule has 0 atom stereocenters. The number of aryl methyl sites for hydroxylation is 1. The topological polar surface area (TPSA) is 107 Å². The third-order valence-corrected chi connectivity index (χ3v) is 5.64. The molecule has 9 heteroatoms. The number of thioether (sulfide) groups is 1. The first-order chi connectivity index (χ1) is 13.7. The number of anilines is 3. The minimum atomic E-state index is 0.206. The molecule has 2 heterocycles. The van der Waals surface area contributed by atoms with Crippen LogP contribution in [0.4, 0.5) is 17.6 Å². The maximum absolute atomic E-state index is 5.92. The van der Waals surface area contributed by atoms with Gasteiger partial charge in [-0.2, -0.15) is 15.0 Å². The molecule has 8 nitrogen and oxygen atoms in total. The lowest BCUT2D eigenvalue weighted by Crippen LogP contribution is -2.08. The highest BCUT2D eigenvalue weighted by Crippen LogP contribution is 2.40. The van der Waals surface area contributed by atoms with Crippen molar-refractivity contribution in [3.05, 3.63) is 41.5 Å². The molecule has 0 unspecified atom stereocenters. The summed E-state index contributed by atoms with van der Waals surface area (Å²) in [5.74, 6) is 3.51. The molecule has 3 N–H and O–H groups in total. The standard InChI is InChI=1S/C19H24N8S/c1-3-12-7-5-6-8-14(12)21-18-23-15(22-17(20)24-18)11-28-19-26-25-16(13-9-10-13)27(19)4-2/h5-8,13H,3-4,9-11H2,1-2H3,(H3,20,21,22,23,24). The summed E-state index contributed by atoms with van der Waals surface area (Å²) in [6.45, 7) is 5.10. The molecule has 0 saturated heterocycles. The summed E-state index contributed by atoms with van der Waals surface area (Å²) in [5.41, 5.74) is 8.09. The molecule has 0 radical (unpaired) electrons. The largest absolute Gasteiger partial charge is 0.368 e. The second kappa shape index (κ2) is 8.14. The molecule has 146 valence electrons. The molecule has 1 saturated carbocycles. The van der Waals surface area contributed by atoms with Gasteiger partial charge in [-0.3, -0.25) is 0 Å². The number of rotatable bonds is 8. The highest BCUT2D eigenvalue weighted by atomic mass is 32.2. The Kier molecular flexibility index (Phi) is 5.43. The zero-order valence-corrected chi connectivity index (χ0v) is 16.9. The second-order valence-electron chi connectivity index (χ2n) is 6.72. The van der Waals surface area contributed by atoms with Crippen LogP contribution in [0, 0.1) is 0 Å². The van der Waals surface area contributed by atoms with Gasteiger partial charge in [0, 0.05) is 18.2 Å². The van der Waals surface area contributed by atoms with E-state index in [4.69, 9.17) is 5.73 Å². The Hall–Kier alpha value is -2.68. The molecule has 2 aromatic heterocycles. The maximum atomic E-state index is 5.92. The van der Waals surface area contributed by atoms with Gasteiger partial charge in [0.15, 0.2) is 5.16 Å². The molecule has 0 aliphatic heterocycles. The van der Waals surface area contributed by atoms with E-state index in [1.54, 1.807) is 11.8 Å². The Labute approximate surface area is 168 Å². The fraction of sp³-hybridized carbons (Fsp3) is 0.421. The van der Waals surface area contributed by atoms with Gasteiger partial charge in [0.25, 0.3) is 0 Å². The lowest BCUT2D eigenvalue weighted by atomic mass is 10.1. The van der Waals surface area contributed by atoms with Crippen LogP contribution in [0.25, 0.3) is 0 Å². The zero-order chi connectivity index (χ0) is 19.5. The molecule has 28 heavy (non-hydrogen) atoms. The average molecular weight is 397 g/mol. The molecule has 0 spiro atoms. The normalized spacial score (nSPS) is 13.6. The van der Waals surface area contributed by atoms with E-state index in [1.165, 1.54) is 18.4 Å². The molecular weight excluding hydrogens is 372 g/mol. The van der Waals surface area contributed by atoms with E-state index >= 15 is 0 Å². The number of para-hydroxylation sites is 1. The number of hydrogen-bond acceptors (Lipinski definition) is 8. The highest BCUT2D eigenvalue weighted by molar-refractivity contribution is 7.98. The van der Waals surface area contributed by atoms with Crippen molar-refractivity contribution in [1.29, 1.82) is 0 Å². The van der Waals surface area contributed by atoms with Gasteiger partial charge in [-0.25, -0.2) is 0 Å². The molecule has 0 bridgehead atoms. The fourth-order valence-electron chi connectivity index (χ4n) is 3.11. The maximum Gasteiger partial charge on any atom is 0.232 e. The number of nitrogens with two attached hydrogens (primary N) is 1. The SMILES string of the molecule is CCc1ccccc1Nc1nc(N)nc(CSc2nnc(C3CC3)n2CC)n1. The van der Waals surface area contributed by atoms with Crippen molar-refractivity contribution < 1.29 is 0 Å². The van der Waals surface area contributed by atoms with Gasteiger partial charge in [0.1, 0.15) is 11.6 Å². The predicted octanol–water partition coefficient (Wildman–Crippen LogP) is 3.54. The van der Waals surface area contributed by atoms with E-state index < -0.39 is 0 Å². The van der Waals surface area contributed by atoms with E-state index in [2.05, 4.69) is 54.9 Å². The fourth-order valence-corrected chi connectivity index (χ4v) is 3.97. The molecule has 1 fully saturated rings. The number of nitrogen functional groups attached to an aromatic ring is 1. The van der Waals surface area contributed by atoms with Crippen molar-refractivity contribution in [2.45, 2.75) is 56.5 Å². The van der Waals surface area contributed by atoms with Crippen molar-refractivity contribution in [3.8, 4) is 0 Å². The zero-order valence-electron chi connectivity index (χ0n) is 16.1. The quantitative estimate of drug-likeness (QED) is 0.557. The number of nitrogens with one attached hydrogen (secondary N) is 1. The minimum Gasteiger partial charge on any atom is -0.368 e. The van der Waals surface area contributed by atoms with E-state index in [-0.39, 0.29) is 5.95 Å². The third kappa shape index (κ3) is 4.09. The molecule has 3 aromatic rings. The van der Waals surface area contributed by atoms with Crippen LogP contribution in [0.15, 0.2) is 29.4 Å². The third-order valence-electron chi connectivity index (χ3n) is 4.68. The van der Waals surface area contributed by atoms with Crippen LogP contribution in [-0.4, -0.2) is 29.7 Å². The molecule has 4 rings (SSSR count). The first kappa shape index (κ1) is 18.7. The van der Waals surface area contributed by atoms with E-state index in [1.807, 2.05) is 18.2 Å². The number of hydrogen-bond donors (Lipinski definition) is 2. The van der Waals surface area contributed by atoms with Crippen LogP contribution in [0.2, 0.25) is 0 Å². The second-order valence-corrected chi connectivity index (χ2v) is 7.66. The van der Waals surface area contributed by atoms with Crippen molar-refractivity contribution in [3.63, 3.8) is 0 Å². The Morgan fingerprint density at radius 3 is 2.71 bits per heavy atom. The van der Waals surface area contributed by atoms with Crippen LogP contribution in [0.5, 0.6) is 0 Å². The van der Waals surface area contributed by atoms with Crippen molar-refractivity contribution in [1.82, 2.24) is 29.7 Å². The summed E-state index contributed by atoms with van der Waals surface area (Å²) >= 11 is 1.58. The lowest BCUT2D eigenvalue weighted by Gasteiger charge is -2.10. The van der Waals surface area contributed by atoms with Crippen LogP contribution in [-0.2, 0) is 18.7 Å². The van der Waals surface area contributed by atoms with E-state index in [0.29, 0.717) is 23.4 Å². The van der Waals surface area contributed by atoms with Crippen LogP contribution >= 0.6 is 11.8 Å². The average Bonchev–Trinajstić information content (AvgIpc) is 3.46. The summed E-state index contributed by atoms with van der Waals surface area (Å²) in [4.78, 5) is 13.0. The van der Waals surface area contributed by atoms with E-state index in [0.717, 1.165) is 29.6 Å². The smallest absolute Gasteiger partial charge is 0.232 e. The van der Waals surface area contributed by atoms with Crippen LogP contribution < -0.4 is 11.1 Å². The number of aromatic nitrogens is 6. The first-order valence-electron chi connectivity index (χ1n) is 9.59. The molecule has 1 aromatic carbocycles. The summed E-state index contributed by atoms with van der Waals surface area (Å²) in [5, 5.41) is 12.9. The van der Waals surface area contributed by atoms with Crippen molar-refractivity contribution in [2.24, 2.45) is 0 Å². The lowest BCUT2D eigenvalue weighted by molar-refractivity contribution is 0.643. The van der Waals surface area contributed by atoms with Crippen LogP contribution in [0.1, 0.15) is 49.8 Å². The Morgan fingerprint density at radius 2 is 1.96 bits per heavy atom. The summed E-state index contributed by atoms with van der Waals surface area (Å²) < 4.78 is 2.18. The van der Waals surface area contributed by atoms with Gasteiger partial charge in [-0.05, 0) is 37.8 Å². The number of nitrogens with zero attached hydrogens (tertiary/aromatic N) is 6. The minimum absolute atomic E-state index is 0.206. The van der Waals surface area contributed by atoms with Gasteiger partial charge < -0.3 is 15.6 Å². The monoisotopic (exact) mass is 396 g/mol. The summed E-state index contributed by atoms with van der Waals surface area (Å²) in [6, 6.07) is 8.10. The predicted molar refractivity (Wildman–Crippen MR) is 111 cm³/mol. The van der Waals surface area contributed by atoms with Gasteiger partial charge in [0.05, 0.1) is 5.75 Å². The van der Waals surface area contributed by atoms with Crippen molar-refractivity contribution >= 4 is 29.3 Å². The summed E-state index contributed by atoms with van der Waals surface area (Å²) in [7, 11) is 0. The van der Waals surface area contributed by atoms with Gasteiger partial charge in [-0.1, -0.05) is 36.9 Å². The Morgan fingerprint density at radius 1 is 1.14 bits per heavy atom. The molecular formula is C19H24N8S.